The molecule has 0 spiro atoms. The van der Waals surface area contributed by atoms with Gasteiger partial charge in [0.05, 0.1) is 16.8 Å². The third kappa shape index (κ3) is 6.94. The smallest absolute Gasteiger partial charge is 0.261 e. The summed E-state index contributed by atoms with van der Waals surface area (Å²) in [6.45, 7) is -0.446. The van der Waals surface area contributed by atoms with Crippen molar-refractivity contribution in [3.8, 4) is 0 Å². The van der Waals surface area contributed by atoms with Gasteiger partial charge in [-0.1, -0.05) is 27.5 Å². The molecule has 0 radical (unpaired) electrons. The van der Waals surface area contributed by atoms with E-state index in [1.54, 1.807) is 36.4 Å². The fourth-order valence-electron chi connectivity index (χ4n) is 2.79. The van der Waals surface area contributed by atoms with Crippen LogP contribution in [0.2, 0.25) is 5.02 Å². The van der Waals surface area contributed by atoms with Gasteiger partial charge in [0.2, 0.25) is 15.9 Å². The highest BCUT2D eigenvalue weighted by molar-refractivity contribution is 9.10. The quantitative estimate of drug-likeness (QED) is 0.418. The summed E-state index contributed by atoms with van der Waals surface area (Å²) in [5.74, 6) is -0.585. The Morgan fingerprint density at radius 2 is 1.42 bits per heavy atom. The Kier molecular flexibility index (Phi) is 7.68. The van der Waals surface area contributed by atoms with Crippen molar-refractivity contribution in [1.82, 2.24) is 0 Å². The molecular weight excluding hydrogens is 554 g/mol. The van der Waals surface area contributed by atoms with Crippen molar-refractivity contribution in [2.45, 2.75) is 4.90 Å². The molecule has 0 saturated carbocycles. The summed E-state index contributed by atoms with van der Waals surface area (Å²) in [5, 5.41) is 3.06. The molecule has 0 aromatic heterocycles. The van der Waals surface area contributed by atoms with E-state index < -0.39 is 32.5 Å². The first-order valence-corrected chi connectivity index (χ1v) is 13.9. The summed E-state index contributed by atoms with van der Waals surface area (Å²) in [6, 6.07) is 18.2. The highest BCUT2D eigenvalue weighted by Crippen LogP contribution is 2.22. The van der Waals surface area contributed by atoms with Gasteiger partial charge < -0.3 is 5.32 Å². The number of nitrogens with zero attached hydrogens (tertiary/aromatic N) is 1. The minimum atomic E-state index is -3.85. The Balaban J connectivity index is 1.70. The number of sulfonamides is 2. The minimum absolute atomic E-state index is 0.0110. The SMILES string of the molecule is CS(=O)(=O)N(CC(=O)Nc1ccc(S(=O)(=O)Nc2ccc(Cl)cc2)cc1)c1ccc(Br)cc1. The van der Waals surface area contributed by atoms with Gasteiger partial charge in [-0.15, -0.1) is 0 Å². The van der Waals surface area contributed by atoms with E-state index in [1.165, 1.54) is 36.4 Å². The van der Waals surface area contributed by atoms with Crippen LogP contribution in [0.15, 0.2) is 82.2 Å². The summed E-state index contributed by atoms with van der Waals surface area (Å²) < 4.78 is 53.6. The van der Waals surface area contributed by atoms with Crippen molar-refractivity contribution >= 4 is 70.5 Å². The van der Waals surface area contributed by atoms with Crippen molar-refractivity contribution < 1.29 is 21.6 Å². The molecule has 0 unspecified atom stereocenters. The Labute approximate surface area is 205 Å². The van der Waals surface area contributed by atoms with Gasteiger partial charge in [0, 0.05) is 20.9 Å². The standard InChI is InChI=1S/C21H19BrClN3O5S2/c1-32(28,29)26(19-10-2-15(22)3-11-19)14-21(27)24-17-8-12-20(13-9-17)33(30,31)25-18-6-4-16(23)5-7-18/h2-13,25H,14H2,1H3,(H,24,27). The Morgan fingerprint density at radius 3 is 1.97 bits per heavy atom. The van der Waals surface area contributed by atoms with Gasteiger partial charge in [-0.05, 0) is 72.8 Å². The molecular formula is C21H19BrClN3O5S2. The van der Waals surface area contributed by atoms with E-state index >= 15 is 0 Å². The van der Waals surface area contributed by atoms with Crippen molar-refractivity contribution in [2.24, 2.45) is 0 Å². The number of carbonyl (C=O) groups excluding carboxylic acids is 1. The topological polar surface area (TPSA) is 113 Å². The summed E-state index contributed by atoms with van der Waals surface area (Å²) in [6.07, 6.45) is 1.01. The average molecular weight is 573 g/mol. The maximum atomic E-state index is 12.5. The minimum Gasteiger partial charge on any atom is -0.325 e. The van der Waals surface area contributed by atoms with Crippen LogP contribution in [0.4, 0.5) is 17.1 Å². The monoisotopic (exact) mass is 571 g/mol. The molecule has 0 atom stereocenters. The van der Waals surface area contributed by atoms with Gasteiger partial charge in [-0.2, -0.15) is 0 Å². The van der Waals surface area contributed by atoms with Crippen LogP contribution < -0.4 is 14.3 Å². The highest BCUT2D eigenvalue weighted by atomic mass is 79.9. The van der Waals surface area contributed by atoms with Crippen molar-refractivity contribution in [2.75, 3.05) is 27.1 Å². The first-order chi connectivity index (χ1) is 15.4. The van der Waals surface area contributed by atoms with Gasteiger partial charge >= 0.3 is 0 Å². The van der Waals surface area contributed by atoms with Gasteiger partial charge in [0.25, 0.3) is 10.0 Å². The molecule has 8 nitrogen and oxygen atoms in total. The van der Waals surface area contributed by atoms with Crippen molar-refractivity contribution in [3.63, 3.8) is 0 Å². The van der Waals surface area contributed by atoms with Crippen molar-refractivity contribution in [1.29, 1.82) is 0 Å². The molecule has 3 rings (SSSR count). The fraction of sp³-hybridized carbons (Fsp3) is 0.0952. The van der Waals surface area contributed by atoms with Crippen molar-refractivity contribution in [3.05, 3.63) is 82.3 Å². The molecule has 33 heavy (non-hydrogen) atoms. The van der Waals surface area contributed by atoms with Crippen LogP contribution in [0, 0.1) is 0 Å². The normalized spacial score (nSPS) is 11.6. The molecule has 0 aliphatic carbocycles. The molecule has 0 fully saturated rings. The fourth-order valence-corrected chi connectivity index (χ4v) is 5.09. The number of benzene rings is 3. The Morgan fingerprint density at radius 1 is 0.879 bits per heavy atom. The number of hydrogen-bond donors (Lipinski definition) is 2. The molecule has 0 aliphatic heterocycles. The number of halogens is 2. The highest BCUT2D eigenvalue weighted by Gasteiger charge is 2.21. The van der Waals surface area contributed by atoms with E-state index in [4.69, 9.17) is 11.6 Å². The maximum Gasteiger partial charge on any atom is 0.261 e. The van der Waals surface area contributed by atoms with Gasteiger partial charge in [-0.3, -0.25) is 13.8 Å². The second-order valence-corrected chi connectivity index (χ2v) is 11.9. The molecule has 0 bridgehead atoms. The molecule has 1 amide bonds. The number of rotatable bonds is 8. The van der Waals surface area contributed by atoms with Crippen LogP contribution in [0.1, 0.15) is 0 Å². The lowest BCUT2D eigenvalue weighted by atomic mass is 10.3. The first-order valence-electron chi connectivity index (χ1n) is 9.36. The van der Waals surface area contributed by atoms with E-state index in [1.807, 2.05) is 0 Å². The maximum absolute atomic E-state index is 12.5. The average Bonchev–Trinajstić information content (AvgIpc) is 2.74. The number of carbonyl (C=O) groups is 1. The number of nitrogens with one attached hydrogen (secondary N) is 2. The van der Waals surface area contributed by atoms with Gasteiger partial charge in [0.15, 0.2) is 0 Å². The predicted molar refractivity (Wildman–Crippen MR) is 134 cm³/mol. The lowest BCUT2D eigenvalue weighted by Crippen LogP contribution is -2.37. The zero-order chi connectivity index (χ0) is 24.2. The van der Waals surface area contributed by atoms with Gasteiger partial charge in [0.1, 0.15) is 6.54 Å². The third-order valence-electron chi connectivity index (χ3n) is 4.35. The Hall–Kier alpha value is -2.60. The number of amides is 1. The summed E-state index contributed by atoms with van der Waals surface area (Å²) in [7, 11) is -7.56. The number of hydrogen-bond acceptors (Lipinski definition) is 5. The second-order valence-electron chi connectivity index (χ2n) is 6.93. The molecule has 0 saturated heterocycles. The van der Waals surface area contributed by atoms with Crippen LogP contribution in [0.3, 0.4) is 0 Å². The van der Waals surface area contributed by atoms with Crippen LogP contribution in [0.5, 0.6) is 0 Å². The first kappa shape index (κ1) is 25.0. The summed E-state index contributed by atoms with van der Waals surface area (Å²) in [5.41, 5.74) is 1.01. The molecule has 0 aliphatic rings. The zero-order valence-electron chi connectivity index (χ0n) is 17.2. The van der Waals surface area contributed by atoms with Crippen LogP contribution in [-0.2, 0) is 24.8 Å². The number of anilines is 3. The lowest BCUT2D eigenvalue weighted by molar-refractivity contribution is -0.114. The lowest BCUT2D eigenvalue weighted by Gasteiger charge is -2.22. The van der Waals surface area contributed by atoms with E-state index in [0.717, 1.165) is 15.0 Å². The van der Waals surface area contributed by atoms with Crippen LogP contribution in [0.25, 0.3) is 0 Å². The second kappa shape index (κ2) is 10.1. The van der Waals surface area contributed by atoms with E-state index in [-0.39, 0.29) is 4.90 Å². The van der Waals surface area contributed by atoms with Gasteiger partial charge in [-0.25, -0.2) is 16.8 Å². The summed E-state index contributed by atoms with van der Waals surface area (Å²) >= 11 is 9.09. The predicted octanol–water partition coefficient (Wildman–Crippen LogP) is 4.31. The van der Waals surface area contributed by atoms with Crippen LogP contribution >= 0.6 is 27.5 Å². The molecule has 174 valence electrons. The molecule has 2 N–H and O–H groups in total. The zero-order valence-corrected chi connectivity index (χ0v) is 21.2. The van der Waals surface area contributed by atoms with E-state index in [2.05, 4.69) is 26.0 Å². The molecule has 12 heteroatoms. The van der Waals surface area contributed by atoms with E-state index in [0.29, 0.717) is 22.1 Å². The Bertz CT molecular complexity index is 1350. The third-order valence-corrected chi connectivity index (χ3v) is 7.67. The molecule has 0 heterocycles. The summed E-state index contributed by atoms with van der Waals surface area (Å²) in [4.78, 5) is 12.5. The van der Waals surface area contributed by atoms with E-state index in [9.17, 15) is 21.6 Å². The largest absolute Gasteiger partial charge is 0.325 e. The molecule has 3 aromatic rings. The van der Waals surface area contributed by atoms with Crippen LogP contribution in [-0.4, -0.2) is 35.5 Å². The molecule has 3 aromatic carbocycles.